The van der Waals surface area contributed by atoms with Crippen LogP contribution in [0.5, 0.6) is 0 Å². The number of aromatic nitrogens is 3. The second-order valence-electron chi connectivity index (χ2n) is 6.71. The summed E-state index contributed by atoms with van der Waals surface area (Å²) in [6, 6.07) is 7.58. The van der Waals surface area contributed by atoms with Crippen LogP contribution in [-0.4, -0.2) is 25.7 Å². The first-order valence-electron chi connectivity index (χ1n) is 9.13. The molecule has 0 aliphatic heterocycles. The number of hydrogen-bond acceptors (Lipinski definition) is 3. The van der Waals surface area contributed by atoms with Crippen molar-refractivity contribution in [2.24, 2.45) is 0 Å². The van der Waals surface area contributed by atoms with Gasteiger partial charge < -0.3 is 5.11 Å². The van der Waals surface area contributed by atoms with Gasteiger partial charge in [0.2, 0.25) is 0 Å². The average Bonchev–Trinajstić information content (AvgIpc) is 3.02. The molecule has 2 atom stereocenters. The minimum Gasteiger partial charge on any atom is -0.383 e. The van der Waals surface area contributed by atoms with E-state index in [1.807, 2.05) is 48.6 Å². The molecule has 3 rings (SSSR count). The lowest BCUT2D eigenvalue weighted by atomic mass is 9.85. The molecule has 4 nitrogen and oxygen atoms in total. The monoisotopic (exact) mass is 325 g/mol. The smallest absolute Gasteiger partial charge is 0.122 e. The predicted molar refractivity (Wildman–Crippen MR) is 97.8 cm³/mol. The standard InChI is InChI=1S/C20H27N3O/c1-2-3-4-5-6-10-15-20(24)16-11-9-14-19(20)23-21-17-12-7-8-13-18(17)22-23/h7-9,11-14,16,19,24H,2-6,10,15H2,1H3. The van der Waals surface area contributed by atoms with Crippen LogP contribution in [0, 0.1) is 0 Å². The van der Waals surface area contributed by atoms with E-state index in [4.69, 9.17) is 0 Å². The number of rotatable bonds is 8. The summed E-state index contributed by atoms with van der Waals surface area (Å²) in [5, 5.41) is 20.3. The number of benzene rings is 1. The second-order valence-corrected chi connectivity index (χ2v) is 6.71. The third kappa shape index (κ3) is 3.75. The van der Waals surface area contributed by atoms with E-state index in [1.54, 1.807) is 4.80 Å². The fraction of sp³-hybridized carbons (Fsp3) is 0.500. The number of hydrogen-bond donors (Lipinski definition) is 1. The fourth-order valence-corrected chi connectivity index (χ4v) is 3.35. The van der Waals surface area contributed by atoms with E-state index in [1.165, 1.54) is 32.1 Å². The van der Waals surface area contributed by atoms with Gasteiger partial charge >= 0.3 is 0 Å². The quantitative estimate of drug-likeness (QED) is 0.723. The van der Waals surface area contributed by atoms with Crippen molar-refractivity contribution in [1.82, 2.24) is 15.0 Å². The van der Waals surface area contributed by atoms with Gasteiger partial charge in [-0.05, 0) is 18.6 Å². The van der Waals surface area contributed by atoms with Crippen LogP contribution >= 0.6 is 0 Å². The zero-order chi connectivity index (χ0) is 16.8. The number of aliphatic hydroxyl groups is 1. The molecule has 2 aromatic rings. The molecule has 2 unspecified atom stereocenters. The summed E-state index contributed by atoms with van der Waals surface area (Å²) in [6.07, 6.45) is 15.8. The zero-order valence-electron chi connectivity index (χ0n) is 14.4. The molecule has 0 fully saturated rings. The lowest BCUT2D eigenvalue weighted by molar-refractivity contribution is 0.0308. The Kier molecular flexibility index (Phi) is 5.46. The van der Waals surface area contributed by atoms with Gasteiger partial charge in [-0.1, -0.05) is 81.9 Å². The van der Waals surface area contributed by atoms with E-state index >= 15 is 0 Å². The molecular weight excluding hydrogens is 298 g/mol. The molecule has 1 N–H and O–H groups in total. The van der Waals surface area contributed by atoms with E-state index in [-0.39, 0.29) is 6.04 Å². The molecule has 24 heavy (non-hydrogen) atoms. The third-order valence-electron chi connectivity index (χ3n) is 4.78. The van der Waals surface area contributed by atoms with Crippen molar-refractivity contribution in [2.45, 2.75) is 63.5 Å². The van der Waals surface area contributed by atoms with Gasteiger partial charge in [0.25, 0.3) is 0 Å². The maximum Gasteiger partial charge on any atom is 0.122 e. The highest BCUT2D eigenvalue weighted by atomic mass is 16.3. The molecular formula is C20H27N3O. The lowest BCUT2D eigenvalue weighted by Gasteiger charge is -2.33. The van der Waals surface area contributed by atoms with E-state index in [0.717, 1.165) is 23.9 Å². The summed E-state index contributed by atoms with van der Waals surface area (Å²) < 4.78 is 0. The molecule has 0 radical (unpaired) electrons. The van der Waals surface area contributed by atoms with Crippen molar-refractivity contribution in [1.29, 1.82) is 0 Å². The van der Waals surface area contributed by atoms with Gasteiger partial charge in [-0.25, -0.2) is 0 Å². The van der Waals surface area contributed by atoms with Gasteiger partial charge in [-0.2, -0.15) is 15.0 Å². The number of allylic oxidation sites excluding steroid dienone is 2. The molecule has 0 amide bonds. The Hall–Kier alpha value is -1.94. The molecule has 1 aliphatic carbocycles. The third-order valence-corrected chi connectivity index (χ3v) is 4.78. The van der Waals surface area contributed by atoms with Crippen molar-refractivity contribution in [3.05, 3.63) is 48.6 Å². The number of unbranched alkanes of at least 4 members (excludes halogenated alkanes) is 5. The van der Waals surface area contributed by atoms with Crippen LogP contribution in [-0.2, 0) is 0 Å². The highest BCUT2D eigenvalue weighted by molar-refractivity contribution is 5.73. The predicted octanol–water partition coefficient (Wildman–Crippen LogP) is 4.58. The molecule has 1 aromatic heterocycles. The normalized spacial score (nSPS) is 23.2. The van der Waals surface area contributed by atoms with Crippen molar-refractivity contribution in [2.75, 3.05) is 0 Å². The molecule has 4 heteroatoms. The Morgan fingerprint density at radius 1 is 1.00 bits per heavy atom. The second kappa shape index (κ2) is 7.75. The van der Waals surface area contributed by atoms with Crippen LogP contribution in [0.1, 0.15) is 57.9 Å². The minimum absolute atomic E-state index is 0.245. The van der Waals surface area contributed by atoms with Crippen LogP contribution in [0.4, 0.5) is 0 Å². The lowest BCUT2D eigenvalue weighted by Crippen LogP contribution is -2.38. The highest BCUT2D eigenvalue weighted by Crippen LogP contribution is 2.33. The molecule has 0 spiro atoms. The fourth-order valence-electron chi connectivity index (χ4n) is 3.35. The van der Waals surface area contributed by atoms with E-state index in [9.17, 15) is 5.11 Å². The maximum atomic E-state index is 11.2. The Balaban J connectivity index is 1.68. The topological polar surface area (TPSA) is 50.9 Å². The summed E-state index contributed by atoms with van der Waals surface area (Å²) >= 11 is 0. The van der Waals surface area contributed by atoms with Crippen LogP contribution in [0.2, 0.25) is 0 Å². The maximum absolute atomic E-state index is 11.2. The van der Waals surface area contributed by atoms with Gasteiger partial charge in [0.15, 0.2) is 0 Å². The minimum atomic E-state index is -0.908. The Morgan fingerprint density at radius 3 is 2.38 bits per heavy atom. The molecule has 1 aromatic carbocycles. The number of fused-ring (bicyclic) bond motifs is 1. The van der Waals surface area contributed by atoms with Crippen molar-refractivity contribution in [3.63, 3.8) is 0 Å². The van der Waals surface area contributed by atoms with Crippen molar-refractivity contribution >= 4 is 11.0 Å². The Bertz CT molecular complexity index is 685. The van der Waals surface area contributed by atoms with Gasteiger partial charge in [0.1, 0.15) is 22.7 Å². The Morgan fingerprint density at radius 2 is 1.67 bits per heavy atom. The van der Waals surface area contributed by atoms with Crippen LogP contribution in [0.25, 0.3) is 11.0 Å². The first-order chi connectivity index (χ1) is 11.7. The first kappa shape index (κ1) is 16.9. The van der Waals surface area contributed by atoms with Gasteiger partial charge in [-0.3, -0.25) is 0 Å². The zero-order valence-corrected chi connectivity index (χ0v) is 14.4. The molecule has 1 aliphatic rings. The molecule has 128 valence electrons. The molecule has 1 heterocycles. The average molecular weight is 325 g/mol. The summed E-state index contributed by atoms with van der Waals surface area (Å²) in [5.41, 5.74) is 0.818. The first-order valence-corrected chi connectivity index (χ1v) is 9.13. The number of nitrogens with zero attached hydrogens (tertiary/aromatic N) is 3. The molecule has 0 bridgehead atoms. The summed E-state index contributed by atoms with van der Waals surface area (Å²) in [4.78, 5) is 1.67. The Labute approximate surface area is 143 Å². The molecule has 0 saturated carbocycles. The highest BCUT2D eigenvalue weighted by Gasteiger charge is 2.36. The van der Waals surface area contributed by atoms with Crippen LogP contribution in [0.3, 0.4) is 0 Å². The van der Waals surface area contributed by atoms with Crippen molar-refractivity contribution in [3.8, 4) is 0 Å². The van der Waals surface area contributed by atoms with Gasteiger partial charge in [-0.15, -0.1) is 0 Å². The summed E-state index contributed by atoms with van der Waals surface area (Å²) in [6.45, 7) is 2.23. The van der Waals surface area contributed by atoms with Gasteiger partial charge in [0, 0.05) is 0 Å². The largest absolute Gasteiger partial charge is 0.383 e. The van der Waals surface area contributed by atoms with Gasteiger partial charge in [0.05, 0.1) is 0 Å². The van der Waals surface area contributed by atoms with E-state index < -0.39 is 5.60 Å². The molecule has 0 saturated heterocycles. The van der Waals surface area contributed by atoms with Crippen molar-refractivity contribution < 1.29 is 5.11 Å². The van der Waals surface area contributed by atoms with E-state index in [2.05, 4.69) is 17.1 Å². The summed E-state index contributed by atoms with van der Waals surface area (Å²) in [7, 11) is 0. The van der Waals surface area contributed by atoms with E-state index in [0.29, 0.717) is 0 Å². The summed E-state index contributed by atoms with van der Waals surface area (Å²) in [5.74, 6) is 0. The van der Waals surface area contributed by atoms with Crippen LogP contribution < -0.4 is 0 Å². The SMILES string of the molecule is CCCCCCCCC1(O)C=CC=CC1n1nc2ccccc2n1. The van der Waals surface area contributed by atoms with Crippen LogP contribution in [0.15, 0.2) is 48.6 Å².